The van der Waals surface area contributed by atoms with Crippen LogP contribution in [0, 0.1) is 18.3 Å². The average Bonchev–Trinajstić information content (AvgIpc) is 3.22. The average molecular weight is 453 g/mol. The van der Waals surface area contributed by atoms with Gasteiger partial charge in [0.05, 0.1) is 28.4 Å². The van der Waals surface area contributed by atoms with Crippen LogP contribution in [-0.2, 0) is 4.79 Å². The molecule has 3 aromatic rings. The molecule has 4 rings (SSSR count). The van der Waals surface area contributed by atoms with E-state index in [2.05, 4.69) is 16.4 Å². The van der Waals surface area contributed by atoms with Gasteiger partial charge >= 0.3 is 0 Å². The molecular formula is C23H21ClN4O2S. The molecule has 0 saturated heterocycles. The third kappa shape index (κ3) is 4.32. The van der Waals surface area contributed by atoms with E-state index in [0.717, 1.165) is 18.4 Å². The van der Waals surface area contributed by atoms with Crippen LogP contribution in [0.2, 0.25) is 5.02 Å². The van der Waals surface area contributed by atoms with Gasteiger partial charge in [0.2, 0.25) is 5.91 Å². The molecule has 0 atom stereocenters. The van der Waals surface area contributed by atoms with Gasteiger partial charge in [0, 0.05) is 5.02 Å². The summed E-state index contributed by atoms with van der Waals surface area (Å²) in [5.74, 6) is -0.196. The Hall–Kier alpha value is -2.82. The second kappa shape index (κ2) is 8.74. The molecule has 1 aliphatic rings. The molecule has 2 aromatic carbocycles. The molecule has 1 amide bonds. The van der Waals surface area contributed by atoms with Gasteiger partial charge in [-0.3, -0.25) is 14.2 Å². The predicted molar refractivity (Wildman–Crippen MR) is 123 cm³/mol. The third-order valence-corrected chi connectivity index (χ3v) is 6.71. The zero-order valence-electron chi connectivity index (χ0n) is 17.0. The van der Waals surface area contributed by atoms with Gasteiger partial charge < -0.3 is 5.32 Å². The number of nitriles is 1. The zero-order valence-corrected chi connectivity index (χ0v) is 18.6. The van der Waals surface area contributed by atoms with Crippen LogP contribution in [0.5, 0.6) is 0 Å². The number of nitrogens with one attached hydrogen (secondary N) is 1. The van der Waals surface area contributed by atoms with Gasteiger partial charge in [0.25, 0.3) is 5.56 Å². The van der Waals surface area contributed by atoms with E-state index in [9.17, 15) is 14.9 Å². The van der Waals surface area contributed by atoms with Crippen molar-refractivity contribution in [1.29, 1.82) is 5.26 Å². The number of benzene rings is 2. The zero-order chi connectivity index (χ0) is 22.0. The fraction of sp³-hybridized carbons (Fsp3) is 0.304. The highest BCUT2D eigenvalue weighted by Gasteiger charge is 2.35. The number of nitrogens with zero attached hydrogens (tertiary/aromatic N) is 3. The SMILES string of the molecule is Cc1ccccc1-n1c(SCC(=O)NC2(C#N)CCCC2)nc2cc(Cl)ccc2c1=O. The maximum Gasteiger partial charge on any atom is 0.266 e. The van der Waals surface area contributed by atoms with Crippen molar-refractivity contribution in [3.05, 3.63) is 63.4 Å². The summed E-state index contributed by atoms with van der Waals surface area (Å²) in [7, 11) is 0. The van der Waals surface area contributed by atoms with Crippen molar-refractivity contribution in [3.8, 4) is 11.8 Å². The summed E-state index contributed by atoms with van der Waals surface area (Å²) in [6.45, 7) is 1.92. The van der Waals surface area contributed by atoms with E-state index in [0.29, 0.717) is 39.6 Å². The minimum Gasteiger partial charge on any atom is -0.337 e. The first-order valence-corrected chi connectivity index (χ1v) is 11.4. The maximum atomic E-state index is 13.4. The van der Waals surface area contributed by atoms with Crippen LogP contribution in [0.3, 0.4) is 0 Å². The van der Waals surface area contributed by atoms with E-state index in [4.69, 9.17) is 11.6 Å². The maximum absolute atomic E-state index is 13.4. The summed E-state index contributed by atoms with van der Waals surface area (Å²) in [6, 6.07) is 14.8. The van der Waals surface area contributed by atoms with E-state index in [-0.39, 0.29) is 17.2 Å². The Bertz CT molecular complexity index is 1260. The predicted octanol–water partition coefficient (Wildman–Crippen LogP) is 4.39. The van der Waals surface area contributed by atoms with Crippen LogP contribution in [-0.4, -0.2) is 26.8 Å². The molecule has 0 radical (unpaired) electrons. The highest BCUT2D eigenvalue weighted by Crippen LogP contribution is 2.29. The Balaban J connectivity index is 1.71. The molecule has 31 heavy (non-hydrogen) atoms. The standard InChI is InChI=1S/C23H21ClN4O2S/c1-15-6-2-3-7-19(15)28-21(30)17-9-8-16(24)12-18(17)26-22(28)31-13-20(29)27-23(14-25)10-4-5-11-23/h2-3,6-9,12H,4-5,10-11,13H2,1H3,(H,27,29). The van der Waals surface area contributed by atoms with Crippen molar-refractivity contribution < 1.29 is 4.79 Å². The van der Waals surface area contributed by atoms with E-state index in [1.165, 1.54) is 11.8 Å². The molecular weight excluding hydrogens is 432 g/mol. The number of carbonyl (C=O) groups excluding carboxylic acids is 1. The van der Waals surface area contributed by atoms with Crippen molar-refractivity contribution >= 4 is 40.2 Å². The van der Waals surface area contributed by atoms with E-state index in [1.807, 2.05) is 31.2 Å². The van der Waals surface area contributed by atoms with Gasteiger partial charge in [-0.05, 0) is 62.4 Å². The van der Waals surface area contributed by atoms with Crippen LogP contribution >= 0.6 is 23.4 Å². The van der Waals surface area contributed by atoms with Gasteiger partial charge in [-0.1, -0.05) is 41.6 Å². The fourth-order valence-corrected chi connectivity index (χ4v) is 4.91. The number of halogens is 1. The van der Waals surface area contributed by atoms with Crippen LogP contribution in [0.1, 0.15) is 31.2 Å². The van der Waals surface area contributed by atoms with Crippen molar-refractivity contribution in [2.75, 3.05) is 5.75 Å². The molecule has 6 nitrogen and oxygen atoms in total. The second-order valence-electron chi connectivity index (χ2n) is 7.72. The lowest BCUT2D eigenvalue weighted by Gasteiger charge is -2.22. The van der Waals surface area contributed by atoms with E-state index < -0.39 is 5.54 Å². The van der Waals surface area contributed by atoms with Crippen molar-refractivity contribution in [3.63, 3.8) is 0 Å². The molecule has 1 aliphatic carbocycles. The molecule has 1 aromatic heterocycles. The number of carbonyl (C=O) groups is 1. The normalized spacial score (nSPS) is 15.0. The van der Waals surface area contributed by atoms with Crippen LogP contribution < -0.4 is 10.9 Å². The lowest BCUT2D eigenvalue weighted by molar-refractivity contribution is -0.119. The molecule has 8 heteroatoms. The Morgan fingerprint density at radius 2 is 2.03 bits per heavy atom. The molecule has 0 unspecified atom stereocenters. The highest BCUT2D eigenvalue weighted by atomic mass is 35.5. The number of hydrogen-bond acceptors (Lipinski definition) is 5. The number of aryl methyl sites for hydroxylation is 1. The molecule has 1 saturated carbocycles. The Morgan fingerprint density at radius 3 is 2.74 bits per heavy atom. The monoisotopic (exact) mass is 452 g/mol. The van der Waals surface area contributed by atoms with Gasteiger partial charge in [-0.2, -0.15) is 5.26 Å². The van der Waals surface area contributed by atoms with Crippen molar-refractivity contribution in [2.24, 2.45) is 0 Å². The number of rotatable bonds is 5. The minimum atomic E-state index is -0.780. The summed E-state index contributed by atoms with van der Waals surface area (Å²) < 4.78 is 1.54. The number of fused-ring (bicyclic) bond motifs is 1. The molecule has 1 heterocycles. The number of thioether (sulfide) groups is 1. The van der Waals surface area contributed by atoms with Crippen LogP contribution in [0.15, 0.2) is 52.4 Å². The quantitative estimate of drug-likeness (QED) is 0.458. The van der Waals surface area contributed by atoms with E-state index in [1.54, 1.807) is 22.8 Å². The molecule has 0 bridgehead atoms. The third-order valence-electron chi connectivity index (χ3n) is 5.54. The number of hydrogen-bond donors (Lipinski definition) is 1. The largest absolute Gasteiger partial charge is 0.337 e. The van der Waals surface area contributed by atoms with Gasteiger partial charge in [-0.15, -0.1) is 0 Å². The minimum absolute atomic E-state index is 0.0494. The van der Waals surface area contributed by atoms with Crippen molar-refractivity contribution in [1.82, 2.24) is 14.9 Å². The summed E-state index contributed by atoms with van der Waals surface area (Å²) in [5, 5.41) is 13.7. The molecule has 0 spiro atoms. The Morgan fingerprint density at radius 1 is 1.29 bits per heavy atom. The summed E-state index contributed by atoms with van der Waals surface area (Å²) in [5.41, 5.74) is 1.11. The summed E-state index contributed by atoms with van der Waals surface area (Å²) in [4.78, 5) is 30.6. The van der Waals surface area contributed by atoms with Gasteiger partial charge in [0.15, 0.2) is 5.16 Å². The first kappa shape index (κ1) is 21.4. The molecule has 158 valence electrons. The van der Waals surface area contributed by atoms with Gasteiger partial charge in [0.1, 0.15) is 5.54 Å². The number of aromatic nitrogens is 2. The molecule has 1 N–H and O–H groups in total. The Labute approximate surface area is 189 Å². The molecule has 0 aliphatic heterocycles. The summed E-state index contributed by atoms with van der Waals surface area (Å²) in [6.07, 6.45) is 3.20. The summed E-state index contributed by atoms with van der Waals surface area (Å²) >= 11 is 7.28. The highest BCUT2D eigenvalue weighted by molar-refractivity contribution is 7.99. The lowest BCUT2D eigenvalue weighted by Crippen LogP contribution is -2.45. The fourth-order valence-electron chi connectivity index (χ4n) is 3.94. The topological polar surface area (TPSA) is 87.8 Å². The Kier molecular flexibility index (Phi) is 6.03. The first-order chi connectivity index (χ1) is 14.9. The van der Waals surface area contributed by atoms with E-state index >= 15 is 0 Å². The number of para-hydroxylation sites is 1. The van der Waals surface area contributed by atoms with Crippen LogP contribution in [0.25, 0.3) is 16.6 Å². The molecule has 1 fully saturated rings. The van der Waals surface area contributed by atoms with Gasteiger partial charge in [-0.25, -0.2) is 4.98 Å². The first-order valence-electron chi connectivity index (χ1n) is 10.1. The smallest absolute Gasteiger partial charge is 0.266 e. The number of amides is 1. The lowest BCUT2D eigenvalue weighted by atomic mass is 10.0. The van der Waals surface area contributed by atoms with Crippen LogP contribution in [0.4, 0.5) is 0 Å². The second-order valence-corrected chi connectivity index (χ2v) is 9.10. The van der Waals surface area contributed by atoms with Crippen molar-refractivity contribution in [2.45, 2.75) is 43.3 Å².